The number of carbonyl (C=O) groups is 1. The van der Waals surface area contributed by atoms with Gasteiger partial charge in [0.25, 0.3) is 0 Å². The molecule has 5 nitrogen and oxygen atoms in total. The van der Waals surface area contributed by atoms with Gasteiger partial charge in [0.2, 0.25) is 5.91 Å². The van der Waals surface area contributed by atoms with E-state index in [-0.39, 0.29) is 29.9 Å². The van der Waals surface area contributed by atoms with Crippen molar-refractivity contribution >= 4 is 35.8 Å². The molecule has 0 bridgehead atoms. The summed E-state index contributed by atoms with van der Waals surface area (Å²) in [7, 11) is 1.85. The second-order valence-corrected chi connectivity index (χ2v) is 6.37. The molecular weight excluding hydrogens is 427 g/mol. The molecule has 0 heterocycles. The van der Waals surface area contributed by atoms with Crippen molar-refractivity contribution in [2.24, 2.45) is 4.99 Å². The van der Waals surface area contributed by atoms with E-state index < -0.39 is 0 Å². The fourth-order valence-electron chi connectivity index (χ4n) is 2.98. The fraction of sp³-hybridized carbons (Fsp3) is 0.579. The number of nitrogens with zero attached hydrogens (tertiary/aromatic N) is 2. The average molecular weight is 458 g/mol. The van der Waals surface area contributed by atoms with Gasteiger partial charge in [-0.1, -0.05) is 43.2 Å². The molecule has 2 rings (SSSR count). The molecular formula is C19H31IN4O. The highest BCUT2D eigenvalue weighted by atomic mass is 127. The molecule has 0 spiro atoms. The van der Waals surface area contributed by atoms with E-state index >= 15 is 0 Å². The van der Waals surface area contributed by atoms with Crippen molar-refractivity contribution in [1.29, 1.82) is 0 Å². The second-order valence-electron chi connectivity index (χ2n) is 6.37. The number of amides is 1. The summed E-state index contributed by atoms with van der Waals surface area (Å²) in [6.45, 7) is 4.05. The van der Waals surface area contributed by atoms with Gasteiger partial charge in [0, 0.05) is 32.6 Å². The van der Waals surface area contributed by atoms with Crippen molar-refractivity contribution in [3.8, 4) is 0 Å². The van der Waals surface area contributed by atoms with Gasteiger partial charge in [-0.2, -0.15) is 0 Å². The lowest BCUT2D eigenvalue weighted by molar-refractivity contribution is -0.130. The quantitative estimate of drug-likeness (QED) is 0.375. The monoisotopic (exact) mass is 458 g/mol. The van der Waals surface area contributed by atoms with Crippen LogP contribution in [0.4, 0.5) is 0 Å². The summed E-state index contributed by atoms with van der Waals surface area (Å²) >= 11 is 0. The largest absolute Gasteiger partial charge is 0.357 e. The average Bonchev–Trinajstić information content (AvgIpc) is 3.09. The Morgan fingerprint density at radius 2 is 1.92 bits per heavy atom. The molecule has 1 aromatic rings. The van der Waals surface area contributed by atoms with Gasteiger partial charge >= 0.3 is 0 Å². The zero-order valence-electron chi connectivity index (χ0n) is 15.3. The van der Waals surface area contributed by atoms with Gasteiger partial charge in [0.15, 0.2) is 5.96 Å². The minimum absolute atomic E-state index is 0. The third-order valence-corrected chi connectivity index (χ3v) is 4.32. The van der Waals surface area contributed by atoms with Gasteiger partial charge in [-0.25, -0.2) is 0 Å². The molecule has 6 heteroatoms. The Morgan fingerprint density at radius 3 is 2.56 bits per heavy atom. The van der Waals surface area contributed by atoms with Crippen molar-refractivity contribution < 1.29 is 4.79 Å². The van der Waals surface area contributed by atoms with Gasteiger partial charge < -0.3 is 15.5 Å². The number of halogens is 1. The molecule has 1 aliphatic rings. The summed E-state index contributed by atoms with van der Waals surface area (Å²) < 4.78 is 0. The van der Waals surface area contributed by atoms with Gasteiger partial charge in [-0.15, -0.1) is 24.0 Å². The molecule has 0 unspecified atom stereocenters. The van der Waals surface area contributed by atoms with Crippen LogP contribution in [0.25, 0.3) is 0 Å². The smallest absolute Gasteiger partial charge is 0.224 e. The molecule has 0 radical (unpaired) electrons. The molecule has 0 aliphatic heterocycles. The van der Waals surface area contributed by atoms with E-state index in [2.05, 4.69) is 22.5 Å². The molecule has 1 fully saturated rings. The van der Waals surface area contributed by atoms with E-state index in [0.717, 1.165) is 18.1 Å². The van der Waals surface area contributed by atoms with Crippen LogP contribution in [0, 0.1) is 0 Å². The van der Waals surface area contributed by atoms with Gasteiger partial charge in [0.1, 0.15) is 0 Å². The van der Waals surface area contributed by atoms with E-state index in [1.807, 2.05) is 37.4 Å². The SMILES string of the molecule is CCNC(=NCCC(=O)N(C)Cc1ccccc1)NC1CCCC1.I. The van der Waals surface area contributed by atoms with Gasteiger partial charge in [-0.05, 0) is 25.3 Å². The maximum atomic E-state index is 12.2. The summed E-state index contributed by atoms with van der Waals surface area (Å²) in [5.41, 5.74) is 1.15. The molecule has 1 saturated carbocycles. The molecule has 0 atom stereocenters. The first-order chi connectivity index (χ1) is 11.7. The highest BCUT2D eigenvalue weighted by molar-refractivity contribution is 14.0. The van der Waals surface area contributed by atoms with E-state index in [0.29, 0.717) is 25.6 Å². The van der Waals surface area contributed by atoms with Crippen molar-refractivity contribution in [3.63, 3.8) is 0 Å². The van der Waals surface area contributed by atoms with Crippen LogP contribution >= 0.6 is 24.0 Å². The lowest BCUT2D eigenvalue weighted by atomic mass is 10.2. The third kappa shape index (κ3) is 8.07. The van der Waals surface area contributed by atoms with Gasteiger partial charge in [-0.3, -0.25) is 9.79 Å². The number of aliphatic imine (C=N–C) groups is 1. The van der Waals surface area contributed by atoms with Crippen LogP contribution in [0.3, 0.4) is 0 Å². The first kappa shape index (κ1) is 21.7. The Morgan fingerprint density at radius 1 is 1.24 bits per heavy atom. The van der Waals surface area contributed by atoms with Crippen LogP contribution in [0.2, 0.25) is 0 Å². The second kappa shape index (κ2) is 12.1. The molecule has 140 valence electrons. The van der Waals surface area contributed by atoms with E-state index in [9.17, 15) is 4.79 Å². The lowest BCUT2D eigenvalue weighted by Gasteiger charge is -2.18. The Labute approximate surface area is 168 Å². The van der Waals surface area contributed by atoms with Crippen molar-refractivity contribution in [1.82, 2.24) is 15.5 Å². The zero-order chi connectivity index (χ0) is 17.2. The normalized spacial score (nSPS) is 14.7. The topological polar surface area (TPSA) is 56.7 Å². The first-order valence-corrected chi connectivity index (χ1v) is 9.01. The predicted molar refractivity (Wildman–Crippen MR) is 114 cm³/mol. The molecule has 0 saturated heterocycles. The molecule has 1 aromatic carbocycles. The van der Waals surface area contributed by atoms with E-state index in [4.69, 9.17) is 0 Å². The standard InChI is InChI=1S/C19H30N4O.HI/c1-3-20-19(22-17-11-7-8-12-17)21-14-13-18(24)23(2)15-16-9-5-4-6-10-16;/h4-6,9-10,17H,3,7-8,11-15H2,1-2H3,(H2,20,21,22);1H. The van der Waals surface area contributed by atoms with Crippen LogP contribution in [0.5, 0.6) is 0 Å². The summed E-state index contributed by atoms with van der Waals surface area (Å²) in [6, 6.07) is 10.6. The Balaban J connectivity index is 0.00000312. The molecule has 25 heavy (non-hydrogen) atoms. The third-order valence-electron chi connectivity index (χ3n) is 4.32. The first-order valence-electron chi connectivity index (χ1n) is 9.01. The van der Waals surface area contributed by atoms with Crippen LogP contribution in [-0.4, -0.2) is 42.9 Å². The van der Waals surface area contributed by atoms with Crippen LogP contribution in [0.15, 0.2) is 35.3 Å². The van der Waals surface area contributed by atoms with Crippen LogP contribution in [-0.2, 0) is 11.3 Å². The molecule has 1 amide bonds. The number of benzene rings is 1. The summed E-state index contributed by atoms with van der Waals surface area (Å²) in [5, 5.41) is 6.74. The molecule has 1 aliphatic carbocycles. The highest BCUT2D eigenvalue weighted by Gasteiger charge is 2.16. The Kier molecular flexibility index (Phi) is 10.5. The fourth-order valence-corrected chi connectivity index (χ4v) is 2.98. The number of carbonyl (C=O) groups excluding carboxylic acids is 1. The number of nitrogens with one attached hydrogen (secondary N) is 2. The maximum Gasteiger partial charge on any atom is 0.224 e. The van der Waals surface area contributed by atoms with Crippen molar-refractivity contribution in [2.45, 2.75) is 51.6 Å². The lowest BCUT2D eigenvalue weighted by Crippen LogP contribution is -2.42. The zero-order valence-corrected chi connectivity index (χ0v) is 17.7. The van der Waals surface area contributed by atoms with Gasteiger partial charge in [0.05, 0.1) is 6.54 Å². The van der Waals surface area contributed by atoms with Crippen LogP contribution < -0.4 is 10.6 Å². The predicted octanol–water partition coefficient (Wildman–Crippen LogP) is 3.15. The minimum atomic E-state index is 0. The molecule has 2 N–H and O–H groups in total. The Hall–Kier alpha value is -1.31. The molecule has 0 aromatic heterocycles. The van der Waals surface area contributed by atoms with Crippen molar-refractivity contribution in [2.75, 3.05) is 20.1 Å². The maximum absolute atomic E-state index is 12.2. The van der Waals surface area contributed by atoms with E-state index in [1.54, 1.807) is 4.90 Å². The summed E-state index contributed by atoms with van der Waals surface area (Å²) in [6.07, 6.45) is 5.44. The van der Waals surface area contributed by atoms with E-state index in [1.165, 1.54) is 25.7 Å². The number of guanidine groups is 1. The summed E-state index contributed by atoms with van der Waals surface area (Å²) in [5.74, 6) is 0.960. The summed E-state index contributed by atoms with van der Waals surface area (Å²) in [4.78, 5) is 18.6. The highest BCUT2D eigenvalue weighted by Crippen LogP contribution is 2.17. The number of rotatable bonds is 7. The minimum Gasteiger partial charge on any atom is -0.357 e. The van der Waals surface area contributed by atoms with Crippen molar-refractivity contribution in [3.05, 3.63) is 35.9 Å². The number of hydrogen-bond donors (Lipinski definition) is 2. The Bertz CT molecular complexity index is 529. The van der Waals surface area contributed by atoms with Crippen LogP contribution in [0.1, 0.15) is 44.6 Å². The number of hydrogen-bond acceptors (Lipinski definition) is 2.